The van der Waals surface area contributed by atoms with Crippen molar-refractivity contribution >= 4 is 11.8 Å². The van der Waals surface area contributed by atoms with Gasteiger partial charge in [0, 0.05) is 32.0 Å². The number of nitriles is 1. The summed E-state index contributed by atoms with van der Waals surface area (Å²) in [4.78, 5) is 24.2. The van der Waals surface area contributed by atoms with Crippen molar-refractivity contribution in [1.82, 2.24) is 4.90 Å². The summed E-state index contributed by atoms with van der Waals surface area (Å²) >= 11 is 0. The number of nitrogens with zero attached hydrogens (tertiary/aromatic N) is 2. The summed E-state index contributed by atoms with van der Waals surface area (Å²) in [6.07, 6.45) is 1.67. The zero-order chi connectivity index (χ0) is 12.1. The van der Waals surface area contributed by atoms with Crippen molar-refractivity contribution in [2.45, 2.75) is 6.42 Å². The number of imide groups is 1. The summed E-state index contributed by atoms with van der Waals surface area (Å²) in [5.41, 5.74) is 5.45. The van der Waals surface area contributed by atoms with Crippen LogP contribution in [-0.2, 0) is 14.3 Å². The highest BCUT2D eigenvalue weighted by Crippen LogP contribution is 2.16. The minimum atomic E-state index is -1.04. The van der Waals surface area contributed by atoms with Crippen LogP contribution in [0.1, 0.15) is 6.42 Å². The van der Waals surface area contributed by atoms with Gasteiger partial charge in [-0.15, -0.1) is 0 Å². The van der Waals surface area contributed by atoms with Crippen molar-refractivity contribution in [3.8, 4) is 6.07 Å². The second kappa shape index (κ2) is 5.28. The largest absolute Gasteiger partial charge is 0.400 e. The van der Waals surface area contributed by atoms with E-state index < -0.39 is 17.7 Å². The molecule has 2 amide bonds. The molecule has 0 aromatic heterocycles. The Kier molecular flexibility index (Phi) is 4.03. The molecule has 16 heavy (non-hydrogen) atoms. The van der Waals surface area contributed by atoms with Gasteiger partial charge < -0.3 is 10.5 Å². The molecule has 1 aliphatic rings. The third kappa shape index (κ3) is 2.38. The van der Waals surface area contributed by atoms with Crippen LogP contribution >= 0.6 is 0 Å². The van der Waals surface area contributed by atoms with Crippen LogP contribution in [0, 0.1) is 17.2 Å². The Morgan fingerprint density at radius 2 is 2.31 bits per heavy atom. The molecule has 1 unspecified atom stereocenters. The Labute approximate surface area is 93.3 Å². The number of carbonyl (C=O) groups excluding carboxylic acids is 2. The Balaban J connectivity index is 2.76. The van der Waals surface area contributed by atoms with Gasteiger partial charge in [0.05, 0.1) is 6.07 Å². The van der Waals surface area contributed by atoms with Gasteiger partial charge in [0.15, 0.2) is 5.92 Å². The first-order valence-electron chi connectivity index (χ1n) is 4.82. The lowest BCUT2D eigenvalue weighted by Gasteiger charge is -2.25. The molecule has 0 radical (unpaired) electrons. The van der Waals surface area contributed by atoms with Gasteiger partial charge in [0.1, 0.15) is 0 Å². The second-order valence-corrected chi connectivity index (χ2v) is 3.38. The molecule has 0 fully saturated rings. The van der Waals surface area contributed by atoms with Crippen LogP contribution in [0.5, 0.6) is 0 Å². The van der Waals surface area contributed by atoms with E-state index in [9.17, 15) is 9.59 Å². The van der Waals surface area contributed by atoms with Crippen LogP contribution in [-0.4, -0.2) is 37.0 Å². The fourth-order valence-corrected chi connectivity index (χ4v) is 1.43. The van der Waals surface area contributed by atoms with Crippen LogP contribution < -0.4 is 5.73 Å². The van der Waals surface area contributed by atoms with Crippen molar-refractivity contribution in [1.29, 1.82) is 5.26 Å². The number of rotatable bonds is 4. The zero-order valence-electron chi connectivity index (χ0n) is 8.97. The molecule has 0 spiro atoms. The molecule has 0 aliphatic carbocycles. The number of amides is 2. The highest BCUT2D eigenvalue weighted by atomic mass is 16.5. The first-order valence-corrected chi connectivity index (χ1v) is 4.82. The monoisotopic (exact) mass is 223 g/mol. The van der Waals surface area contributed by atoms with E-state index in [0.717, 1.165) is 11.0 Å². The lowest BCUT2D eigenvalue weighted by atomic mass is 10.0. The minimum absolute atomic E-state index is 0.0143. The summed E-state index contributed by atoms with van der Waals surface area (Å²) in [5, 5.41) is 8.75. The quantitative estimate of drug-likeness (QED) is 0.505. The van der Waals surface area contributed by atoms with E-state index in [0.29, 0.717) is 13.0 Å². The van der Waals surface area contributed by atoms with Crippen molar-refractivity contribution < 1.29 is 14.3 Å². The Morgan fingerprint density at radius 1 is 1.62 bits per heavy atom. The van der Waals surface area contributed by atoms with Crippen LogP contribution in [0.2, 0.25) is 0 Å². The van der Waals surface area contributed by atoms with Crippen molar-refractivity contribution in [2.24, 2.45) is 11.7 Å². The molecule has 0 bridgehead atoms. The number of methoxy groups -OCH3 is 1. The fraction of sp³-hybridized carbons (Fsp3) is 0.500. The van der Waals surface area contributed by atoms with Gasteiger partial charge in [-0.25, -0.2) is 0 Å². The number of hydrogen-bond acceptors (Lipinski definition) is 5. The normalized spacial score (nSPS) is 20.6. The fourth-order valence-electron chi connectivity index (χ4n) is 1.43. The van der Waals surface area contributed by atoms with E-state index in [1.165, 1.54) is 7.11 Å². The van der Waals surface area contributed by atoms with E-state index in [2.05, 4.69) is 0 Å². The predicted octanol–water partition coefficient (Wildman–Crippen LogP) is -0.626. The summed E-state index contributed by atoms with van der Waals surface area (Å²) in [5.74, 6) is -2.06. The molecule has 86 valence electrons. The third-order valence-corrected chi connectivity index (χ3v) is 2.26. The van der Waals surface area contributed by atoms with Crippen LogP contribution in [0.4, 0.5) is 0 Å². The molecule has 1 heterocycles. The first kappa shape index (κ1) is 12.2. The van der Waals surface area contributed by atoms with E-state index in [4.69, 9.17) is 15.7 Å². The molecule has 2 N–H and O–H groups in total. The Bertz CT molecular complexity index is 370. The molecular formula is C10H13N3O3. The molecule has 0 aromatic rings. The lowest BCUT2D eigenvalue weighted by molar-refractivity contribution is -0.144. The van der Waals surface area contributed by atoms with Crippen LogP contribution in [0.25, 0.3) is 0 Å². The topological polar surface area (TPSA) is 96.4 Å². The highest BCUT2D eigenvalue weighted by molar-refractivity contribution is 6.06. The predicted molar refractivity (Wildman–Crippen MR) is 54.6 cm³/mol. The van der Waals surface area contributed by atoms with E-state index in [-0.39, 0.29) is 12.2 Å². The van der Waals surface area contributed by atoms with Gasteiger partial charge in [-0.1, -0.05) is 0 Å². The van der Waals surface area contributed by atoms with Gasteiger partial charge in [-0.05, 0) is 6.42 Å². The molecule has 0 saturated carbocycles. The highest BCUT2D eigenvalue weighted by Gasteiger charge is 2.34. The van der Waals surface area contributed by atoms with E-state index in [1.54, 1.807) is 6.07 Å². The molecule has 6 heteroatoms. The maximum Gasteiger partial charge on any atom is 0.254 e. The van der Waals surface area contributed by atoms with Gasteiger partial charge in [0.25, 0.3) is 11.8 Å². The number of hydrogen-bond donors (Lipinski definition) is 1. The average Bonchev–Trinajstić information content (AvgIpc) is 2.23. The standard InChI is InChI=1S/C10H13N3O3/c1-16-4-2-3-13-9(14)5-8(12)7(6-11)10(13)15/h5,7H,2-4,12H2,1H3. The van der Waals surface area contributed by atoms with Gasteiger partial charge in [0.2, 0.25) is 0 Å². The summed E-state index contributed by atoms with van der Waals surface area (Å²) in [7, 11) is 1.54. The Morgan fingerprint density at radius 3 is 2.88 bits per heavy atom. The van der Waals surface area contributed by atoms with E-state index in [1.807, 2.05) is 0 Å². The summed E-state index contributed by atoms with van der Waals surface area (Å²) in [6, 6.07) is 1.78. The lowest BCUT2D eigenvalue weighted by Crippen LogP contribution is -2.45. The van der Waals surface area contributed by atoms with E-state index >= 15 is 0 Å². The average molecular weight is 223 g/mol. The molecule has 1 atom stereocenters. The third-order valence-electron chi connectivity index (χ3n) is 2.26. The van der Waals surface area contributed by atoms with Crippen LogP contribution in [0.15, 0.2) is 11.8 Å². The molecular weight excluding hydrogens is 210 g/mol. The van der Waals surface area contributed by atoms with Gasteiger partial charge in [-0.3, -0.25) is 14.5 Å². The molecule has 6 nitrogen and oxygen atoms in total. The van der Waals surface area contributed by atoms with Crippen molar-refractivity contribution in [3.63, 3.8) is 0 Å². The zero-order valence-corrected chi connectivity index (χ0v) is 8.97. The minimum Gasteiger partial charge on any atom is -0.400 e. The van der Waals surface area contributed by atoms with Gasteiger partial charge in [-0.2, -0.15) is 5.26 Å². The van der Waals surface area contributed by atoms with Crippen molar-refractivity contribution in [2.75, 3.05) is 20.3 Å². The smallest absolute Gasteiger partial charge is 0.254 e. The SMILES string of the molecule is COCCCN1C(=O)C=C(N)C(C#N)C1=O. The van der Waals surface area contributed by atoms with Crippen molar-refractivity contribution in [3.05, 3.63) is 11.8 Å². The first-order chi connectivity index (χ1) is 7.61. The molecule has 1 rings (SSSR count). The molecule has 1 aliphatic heterocycles. The second-order valence-electron chi connectivity index (χ2n) is 3.38. The maximum atomic E-state index is 11.7. The number of ether oxygens (including phenoxy) is 1. The summed E-state index contributed by atoms with van der Waals surface area (Å²) in [6.45, 7) is 0.695. The molecule has 0 aromatic carbocycles. The number of carbonyl (C=O) groups is 2. The molecule has 0 saturated heterocycles. The maximum absolute atomic E-state index is 11.7. The van der Waals surface area contributed by atoms with Crippen LogP contribution in [0.3, 0.4) is 0 Å². The number of nitrogens with two attached hydrogens (primary N) is 1. The van der Waals surface area contributed by atoms with Gasteiger partial charge >= 0.3 is 0 Å². The summed E-state index contributed by atoms with van der Waals surface area (Å²) < 4.78 is 4.82. The Hall–Kier alpha value is -1.87.